The molecule has 0 aromatic heterocycles. The molecular weight excluding hydrogens is 343 g/mol. The summed E-state index contributed by atoms with van der Waals surface area (Å²) in [6.45, 7) is 0. The van der Waals surface area contributed by atoms with Crippen molar-refractivity contribution in [2.45, 2.75) is 12.8 Å². The van der Waals surface area contributed by atoms with Crippen molar-refractivity contribution in [3.8, 4) is 0 Å². The molecule has 0 saturated carbocycles. The molecule has 8 nitrogen and oxygen atoms in total. The summed E-state index contributed by atoms with van der Waals surface area (Å²) in [5.41, 5.74) is -0.0521. The normalized spacial score (nSPS) is 14.0. The van der Waals surface area contributed by atoms with Crippen LogP contribution in [0.2, 0.25) is 0 Å². The number of amides is 2. The lowest BCUT2D eigenvalue weighted by Gasteiger charge is -2.23. The summed E-state index contributed by atoms with van der Waals surface area (Å²) in [5.74, 6) is -1.85. The van der Waals surface area contributed by atoms with Gasteiger partial charge in [-0.15, -0.1) is 0 Å². The predicted octanol–water partition coefficient (Wildman–Crippen LogP) is 2.86. The van der Waals surface area contributed by atoms with Gasteiger partial charge in [0.05, 0.1) is 10.6 Å². The molecule has 132 valence electrons. The molecule has 1 N–H and O–H groups in total. The maximum atomic E-state index is 13.4. The quantitative estimate of drug-likeness (QED) is 0.672. The second-order valence-electron chi connectivity index (χ2n) is 5.47. The van der Waals surface area contributed by atoms with E-state index in [-0.39, 0.29) is 30.1 Å². The zero-order valence-corrected chi connectivity index (χ0v) is 13.4. The van der Waals surface area contributed by atoms with Crippen LogP contribution in [0.15, 0.2) is 53.6 Å². The maximum absolute atomic E-state index is 13.4. The van der Waals surface area contributed by atoms with Crippen molar-refractivity contribution in [2.24, 2.45) is 5.10 Å². The standard InChI is InChI=1S/C17H13FN4O4/c18-13-7-6-11(10-15(13)22(25)26)19-17(24)14-8-9-16(23)21(20-14)12-4-2-1-3-5-12/h1-7,10H,8-9H2,(H,19,24). The number of nitro benzene ring substituents is 1. The Morgan fingerprint density at radius 1 is 1.19 bits per heavy atom. The smallest absolute Gasteiger partial charge is 0.306 e. The number of nitrogens with zero attached hydrogens (tertiary/aromatic N) is 3. The van der Waals surface area contributed by atoms with E-state index in [0.29, 0.717) is 5.69 Å². The molecule has 0 spiro atoms. The van der Waals surface area contributed by atoms with Crippen LogP contribution in [0.5, 0.6) is 0 Å². The number of nitro groups is 1. The van der Waals surface area contributed by atoms with Crippen molar-refractivity contribution < 1.29 is 18.9 Å². The van der Waals surface area contributed by atoms with Crippen LogP contribution in [0.25, 0.3) is 0 Å². The first-order valence-electron chi connectivity index (χ1n) is 7.66. The summed E-state index contributed by atoms with van der Waals surface area (Å²) < 4.78 is 13.4. The van der Waals surface area contributed by atoms with E-state index in [1.807, 2.05) is 0 Å². The molecule has 0 saturated heterocycles. The number of hydrazone groups is 1. The van der Waals surface area contributed by atoms with E-state index in [9.17, 15) is 24.1 Å². The van der Waals surface area contributed by atoms with Gasteiger partial charge < -0.3 is 5.32 Å². The highest BCUT2D eigenvalue weighted by molar-refractivity contribution is 6.44. The Morgan fingerprint density at radius 3 is 2.62 bits per heavy atom. The van der Waals surface area contributed by atoms with E-state index >= 15 is 0 Å². The number of halogens is 1. The molecule has 1 heterocycles. The van der Waals surface area contributed by atoms with Crippen LogP contribution in [-0.4, -0.2) is 22.4 Å². The molecule has 0 radical (unpaired) electrons. The van der Waals surface area contributed by atoms with Crippen molar-refractivity contribution in [3.63, 3.8) is 0 Å². The van der Waals surface area contributed by atoms with Gasteiger partial charge in [0.2, 0.25) is 11.7 Å². The van der Waals surface area contributed by atoms with Crippen molar-refractivity contribution in [1.29, 1.82) is 0 Å². The second kappa shape index (κ2) is 7.09. The fourth-order valence-corrected chi connectivity index (χ4v) is 2.42. The molecule has 9 heteroatoms. The number of carbonyl (C=O) groups excluding carboxylic acids is 2. The van der Waals surface area contributed by atoms with Crippen molar-refractivity contribution in [2.75, 3.05) is 10.3 Å². The monoisotopic (exact) mass is 356 g/mol. The van der Waals surface area contributed by atoms with Crippen molar-refractivity contribution in [3.05, 3.63) is 64.5 Å². The Labute approximate surface area is 147 Å². The van der Waals surface area contributed by atoms with E-state index in [1.165, 1.54) is 6.07 Å². The number of nitrogens with one attached hydrogen (secondary N) is 1. The van der Waals surface area contributed by atoms with Gasteiger partial charge in [-0.25, -0.2) is 5.01 Å². The minimum atomic E-state index is -0.996. The van der Waals surface area contributed by atoms with Gasteiger partial charge in [-0.3, -0.25) is 19.7 Å². The number of rotatable bonds is 4. The Bertz CT molecular complexity index is 914. The summed E-state index contributed by atoms with van der Waals surface area (Å²) in [6, 6.07) is 11.7. The molecule has 26 heavy (non-hydrogen) atoms. The summed E-state index contributed by atoms with van der Waals surface area (Å²) in [6.07, 6.45) is 0.238. The first-order valence-corrected chi connectivity index (χ1v) is 7.66. The van der Waals surface area contributed by atoms with Crippen LogP contribution >= 0.6 is 0 Å². The third-order valence-corrected chi connectivity index (χ3v) is 3.70. The van der Waals surface area contributed by atoms with E-state index in [1.54, 1.807) is 30.3 Å². The molecular formula is C17H13FN4O4. The van der Waals surface area contributed by atoms with Crippen LogP contribution in [0.3, 0.4) is 0 Å². The first-order chi connectivity index (χ1) is 12.5. The average Bonchev–Trinajstić information content (AvgIpc) is 2.64. The molecule has 0 bridgehead atoms. The summed E-state index contributed by atoms with van der Waals surface area (Å²) in [4.78, 5) is 34.3. The van der Waals surface area contributed by atoms with Gasteiger partial charge in [-0.1, -0.05) is 18.2 Å². The topological polar surface area (TPSA) is 105 Å². The van der Waals surface area contributed by atoms with Gasteiger partial charge >= 0.3 is 5.69 Å². The van der Waals surface area contributed by atoms with Gasteiger partial charge in [0.25, 0.3) is 5.91 Å². The fraction of sp³-hybridized carbons (Fsp3) is 0.118. The first kappa shape index (κ1) is 17.2. The van der Waals surface area contributed by atoms with Crippen LogP contribution < -0.4 is 10.3 Å². The summed E-state index contributed by atoms with van der Waals surface area (Å²) >= 11 is 0. The van der Waals surface area contributed by atoms with Crippen LogP contribution in [0.1, 0.15) is 12.8 Å². The highest BCUT2D eigenvalue weighted by Gasteiger charge is 2.26. The predicted molar refractivity (Wildman–Crippen MR) is 92.3 cm³/mol. The highest BCUT2D eigenvalue weighted by atomic mass is 19.1. The third kappa shape index (κ3) is 3.56. The molecule has 0 aliphatic carbocycles. The minimum absolute atomic E-state index is 0.0639. The number of hydrogen-bond donors (Lipinski definition) is 1. The minimum Gasteiger partial charge on any atom is -0.321 e. The Kier molecular flexibility index (Phi) is 4.70. The van der Waals surface area contributed by atoms with E-state index in [4.69, 9.17) is 0 Å². The molecule has 2 aromatic rings. The molecule has 3 rings (SSSR count). The van der Waals surface area contributed by atoms with E-state index in [2.05, 4.69) is 10.4 Å². The number of hydrogen-bond acceptors (Lipinski definition) is 5. The molecule has 1 aliphatic heterocycles. The molecule has 2 amide bonds. The number of anilines is 2. The lowest BCUT2D eigenvalue weighted by Crippen LogP contribution is -2.36. The van der Waals surface area contributed by atoms with Crippen LogP contribution in [-0.2, 0) is 9.59 Å². The second-order valence-corrected chi connectivity index (χ2v) is 5.47. The Morgan fingerprint density at radius 2 is 1.92 bits per heavy atom. The fourth-order valence-electron chi connectivity index (χ4n) is 2.42. The molecule has 0 fully saturated rings. The molecule has 1 aliphatic rings. The van der Waals surface area contributed by atoms with Crippen LogP contribution in [0, 0.1) is 15.9 Å². The van der Waals surface area contributed by atoms with E-state index < -0.39 is 22.3 Å². The van der Waals surface area contributed by atoms with Gasteiger partial charge in [0.1, 0.15) is 5.71 Å². The molecule has 2 aromatic carbocycles. The summed E-state index contributed by atoms with van der Waals surface area (Å²) in [5, 5.41) is 18.5. The largest absolute Gasteiger partial charge is 0.321 e. The van der Waals surface area contributed by atoms with Gasteiger partial charge in [-0.2, -0.15) is 9.49 Å². The summed E-state index contributed by atoms with van der Waals surface area (Å²) in [7, 11) is 0. The van der Waals surface area contributed by atoms with Gasteiger partial charge in [0.15, 0.2) is 0 Å². The highest BCUT2D eigenvalue weighted by Crippen LogP contribution is 2.23. The van der Waals surface area contributed by atoms with E-state index in [0.717, 1.165) is 17.1 Å². The number of carbonyl (C=O) groups is 2. The molecule has 0 unspecified atom stereocenters. The number of para-hydroxylation sites is 1. The van der Waals surface area contributed by atoms with Gasteiger partial charge in [0, 0.05) is 24.6 Å². The Hall–Kier alpha value is -3.62. The lowest BCUT2D eigenvalue weighted by molar-refractivity contribution is -0.387. The SMILES string of the molecule is O=C(Nc1ccc(F)c([N+](=O)[O-])c1)C1=NN(c2ccccc2)C(=O)CC1. The zero-order chi connectivity index (χ0) is 18.7. The van der Waals surface area contributed by atoms with Gasteiger partial charge in [-0.05, 0) is 24.3 Å². The lowest BCUT2D eigenvalue weighted by atomic mass is 10.1. The third-order valence-electron chi connectivity index (χ3n) is 3.70. The van der Waals surface area contributed by atoms with Crippen molar-refractivity contribution in [1.82, 2.24) is 0 Å². The average molecular weight is 356 g/mol. The number of benzene rings is 2. The zero-order valence-electron chi connectivity index (χ0n) is 13.4. The molecule has 0 atom stereocenters. The van der Waals surface area contributed by atoms with Crippen LogP contribution in [0.4, 0.5) is 21.5 Å². The van der Waals surface area contributed by atoms with Crippen molar-refractivity contribution >= 4 is 34.6 Å². The maximum Gasteiger partial charge on any atom is 0.306 e. The Balaban J connectivity index is 1.82.